The van der Waals surface area contributed by atoms with Crippen molar-refractivity contribution in [2.24, 2.45) is 0 Å². The topological polar surface area (TPSA) is 91.4 Å². The molecule has 0 fully saturated rings. The molecule has 172 valence electrons. The molecule has 7 nitrogen and oxygen atoms in total. The first-order valence-electron chi connectivity index (χ1n) is 10.6. The standard InChI is InChI=1S/C26H24N4O3S/c1-30(34(32,33)25-12-6-5-11-24(25)21-9-3-2-4-10-21)23-15-13-22(14-16-23)29-26(31)28-19-20-8-7-17-27-18-20/h2-18H,19H2,1H3,(H2,28,29,31). The lowest BCUT2D eigenvalue weighted by Crippen LogP contribution is -2.28. The minimum atomic E-state index is -3.82. The van der Waals surface area contributed by atoms with E-state index < -0.39 is 10.0 Å². The first-order chi connectivity index (χ1) is 16.4. The fraction of sp³-hybridized carbons (Fsp3) is 0.0769. The molecule has 0 unspecified atom stereocenters. The summed E-state index contributed by atoms with van der Waals surface area (Å²) in [6.07, 6.45) is 3.35. The van der Waals surface area contributed by atoms with Crippen LogP contribution in [0.2, 0.25) is 0 Å². The van der Waals surface area contributed by atoms with E-state index in [9.17, 15) is 13.2 Å². The number of anilines is 2. The maximum absolute atomic E-state index is 13.5. The van der Waals surface area contributed by atoms with Gasteiger partial charge in [-0.15, -0.1) is 0 Å². The zero-order valence-corrected chi connectivity index (χ0v) is 19.4. The molecule has 34 heavy (non-hydrogen) atoms. The third-order valence-corrected chi connectivity index (χ3v) is 7.12. The number of hydrogen-bond acceptors (Lipinski definition) is 4. The molecule has 0 aliphatic carbocycles. The van der Waals surface area contributed by atoms with Gasteiger partial charge in [0.2, 0.25) is 0 Å². The Labute approximate surface area is 199 Å². The summed E-state index contributed by atoms with van der Waals surface area (Å²) in [5.74, 6) is 0. The van der Waals surface area contributed by atoms with Gasteiger partial charge in [0.15, 0.2) is 0 Å². The average Bonchev–Trinajstić information content (AvgIpc) is 2.88. The van der Waals surface area contributed by atoms with Crippen LogP contribution in [-0.2, 0) is 16.6 Å². The van der Waals surface area contributed by atoms with Crippen LogP contribution < -0.4 is 14.9 Å². The van der Waals surface area contributed by atoms with Gasteiger partial charge in [-0.05, 0) is 47.5 Å². The summed E-state index contributed by atoms with van der Waals surface area (Å²) in [5, 5.41) is 5.50. The Balaban J connectivity index is 1.47. The highest BCUT2D eigenvalue weighted by atomic mass is 32.2. The molecule has 8 heteroatoms. The molecule has 0 saturated heterocycles. The van der Waals surface area contributed by atoms with Crippen molar-refractivity contribution < 1.29 is 13.2 Å². The first-order valence-corrected chi connectivity index (χ1v) is 12.1. The number of amides is 2. The van der Waals surface area contributed by atoms with Gasteiger partial charge in [0.05, 0.1) is 10.6 Å². The van der Waals surface area contributed by atoms with Gasteiger partial charge in [-0.2, -0.15) is 0 Å². The molecule has 0 bridgehead atoms. The number of nitrogens with one attached hydrogen (secondary N) is 2. The number of urea groups is 1. The van der Waals surface area contributed by atoms with Gasteiger partial charge in [-0.1, -0.05) is 54.6 Å². The Morgan fingerprint density at radius 3 is 2.29 bits per heavy atom. The highest BCUT2D eigenvalue weighted by Gasteiger charge is 2.24. The zero-order valence-electron chi connectivity index (χ0n) is 18.5. The van der Waals surface area contributed by atoms with Crippen LogP contribution in [0.1, 0.15) is 5.56 Å². The Hall–Kier alpha value is -4.17. The number of aromatic nitrogens is 1. The van der Waals surface area contributed by atoms with E-state index in [2.05, 4.69) is 15.6 Å². The molecule has 0 aliphatic rings. The number of carbonyl (C=O) groups is 1. The fourth-order valence-electron chi connectivity index (χ4n) is 3.45. The molecule has 4 aromatic rings. The van der Waals surface area contributed by atoms with E-state index in [-0.39, 0.29) is 10.9 Å². The number of benzene rings is 3. The average molecular weight is 473 g/mol. The van der Waals surface area contributed by atoms with E-state index in [0.717, 1.165) is 11.1 Å². The molecule has 4 rings (SSSR count). The third kappa shape index (κ3) is 5.24. The zero-order chi connectivity index (χ0) is 24.0. The fourth-order valence-corrected chi connectivity index (χ4v) is 4.86. The van der Waals surface area contributed by atoms with Crippen LogP contribution >= 0.6 is 0 Å². The maximum Gasteiger partial charge on any atom is 0.319 e. The molecule has 0 spiro atoms. The van der Waals surface area contributed by atoms with Gasteiger partial charge < -0.3 is 10.6 Å². The van der Waals surface area contributed by atoms with E-state index in [1.807, 2.05) is 42.5 Å². The van der Waals surface area contributed by atoms with Crippen molar-refractivity contribution in [3.63, 3.8) is 0 Å². The molecule has 0 radical (unpaired) electrons. The minimum Gasteiger partial charge on any atom is -0.334 e. The summed E-state index contributed by atoms with van der Waals surface area (Å²) in [6, 6.07) is 26.3. The Morgan fingerprint density at radius 2 is 1.59 bits per heavy atom. The molecular weight excluding hydrogens is 448 g/mol. The molecule has 0 atom stereocenters. The van der Waals surface area contributed by atoms with Crippen molar-refractivity contribution in [2.75, 3.05) is 16.7 Å². The van der Waals surface area contributed by atoms with E-state index in [1.54, 1.807) is 60.9 Å². The third-order valence-electron chi connectivity index (χ3n) is 5.27. The lowest BCUT2D eigenvalue weighted by molar-refractivity contribution is 0.251. The predicted molar refractivity (Wildman–Crippen MR) is 134 cm³/mol. The number of nitrogens with zero attached hydrogens (tertiary/aromatic N) is 2. The molecule has 1 heterocycles. The second kappa shape index (κ2) is 10.2. The lowest BCUT2D eigenvalue weighted by atomic mass is 10.1. The van der Waals surface area contributed by atoms with Crippen molar-refractivity contribution in [2.45, 2.75) is 11.4 Å². The molecule has 0 saturated carbocycles. The predicted octanol–water partition coefficient (Wildman–Crippen LogP) is 4.90. The summed E-state index contributed by atoms with van der Waals surface area (Å²) < 4.78 is 28.1. The van der Waals surface area contributed by atoms with Crippen LogP contribution in [-0.4, -0.2) is 26.5 Å². The van der Waals surface area contributed by atoms with Gasteiger partial charge >= 0.3 is 6.03 Å². The van der Waals surface area contributed by atoms with Crippen molar-refractivity contribution in [3.8, 4) is 11.1 Å². The van der Waals surface area contributed by atoms with Crippen LogP contribution in [0.25, 0.3) is 11.1 Å². The van der Waals surface area contributed by atoms with Gasteiger partial charge in [0.1, 0.15) is 0 Å². The highest BCUT2D eigenvalue weighted by Crippen LogP contribution is 2.31. The van der Waals surface area contributed by atoms with Crippen LogP contribution in [0.3, 0.4) is 0 Å². The van der Waals surface area contributed by atoms with Crippen LogP contribution in [0.15, 0.2) is 108 Å². The quantitative estimate of drug-likeness (QED) is 0.400. The van der Waals surface area contributed by atoms with Crippen LogP contribution in [0.5, 0.6) is 0 Å². The van der Waals surface area contributed by atoms with Crippen molar-refractivity contribution >= 4 is 27.4 Å². The first kappa shape index (κ1) is 23.0. The van der Waals surface area contributed by atoms with Crippen molar-refractivity contribution in [3.05, 3.63) is 109 Å². The van der Waals surface area contributed by atoms with Crippen LogP contribution in [0.4, 0.5) is 16.2 Å². The largest absolute Gasteiger partial charge is 0.334 e. The molecule has 0 aliphatic heterocycles. The Bertz CT molecular complexity index is 1360. The van der Waals surface area contributed by atoms with Gasteiger partial charge in [-0.3, -0.25) is 9.29 Å². The second-order valence-electron chi connectivity index (χ2n) is 7.55. The lowest BCUT2D eigenvalue weighted by Gasteiger charge is -2.21. The van der Waals surface area contributed by atoms with Crippen molar-refractivity contribution in [1.29, 1.82) is 0 Å². The molecular formula is C26H24N4O3S. The number of carbonyl (C=O) groups excluding carboxylic acids is 1. The Kier molecular flexibility index (Phi) is 6.89. The molecule has 3 aromatic carbocycles. The minimum absolute atomic E-state index is 0.223. The van der Waals surface area contributed by atoms with Crippen LogP contribution in [0, 0.1) is 0 Å². The van der Waals surface area contributed by atoms with Gasteiger partial charge in [0.25, 0.3) is 10.0 Å². The smallest absolute Gasteiger partial charge is 0.319 e. The number of rotatable bonds is 7. The highest BCUT2D eigenvalue weighted by molar-refractivity contribution is 7.93. The monoisotopic (exact) mass is 472 g/mol. The summed E-state index contributed by atoms with van der Waals surface area (Å²) in [5.41, 5.74) is 3.37. The normalized spacial score (nSPS) is 11.0. The van der Waals surface area contributed by atoms with E-state index in [1.165, 1.54) is 11.4 Å². The molecule has 2 amide bonds. The number of hydrogen-bond donors (Lipinski definition) is 2. The van der Waals surface area contributed by atoms with E-state index in [4.69, 9.17) is 0 Å². The Morgan fingerprint density at radius 1 is 0.882 bits per heavy atom. The van der Waals surface area contributed by atoms with E-state index in [0.29, 0.717) is 23.5 Å². The summed E-state index contributed by atoms with van der Waals surface area (Å²) in [6.45, 7) is 0.347. The van der Waals surface area contributed by atoms with E-state index >= 15 is 0 Å². The van der Waals surface area contributed by atoms with Crippen molar-refractivity contribution in [1.82, 2.24) is 10.3 Å². The molecule has 1 aromatic heterocycles. The SMILES string of the molecule is CN(c1ccc(NC(=O)NCc2cccnc2)cc1)S(=O)(=O)c1ccccc1-c1ccccc1. The summed E-state index contributed by atoms with van der Waals surface area (Å²) >= 11 is 0. The summed E-state index contributed by atoms with van der Waals surface area (Å²) in [7, 11) is -2.30. The summed E-state index contributed by atoms with van der Waals surface area (Å²) in [4.78, 5) is 16.4. The number of sulfonamides is 1. The molecule has 2 N–H and O–H groups in total. The number of pyridine rings is 1. The maximum atomic E-state index is 13.5. The second-order valence-corrected chi connectivity index (χ2v) is 9.49. The van der Waals surface area contributed by atoms with Gasteiger partial charge in [0, 0.05) is 37.2 Å². The van der Waals surface area contributed by atoms with Gasteiger partial charge in [-0.25, -0.2) is 13.2 Å².